The number of quaternary nitrogens is 2. The van der Waals surface area contributed by atoms with Gasteiger partial charge in [-0.1, -0.05) is 25.5 Å². The molecule has 4 aliphatic carbocycles. The number of hydrogen-bond donors (Lipinski definition) is 1. The van der Waals surface area contributed by atoms with Gasteiger partial charge >= 0.3 is 0 Å². The number of aliphatic hydroxyl groups is 1. The number of allylic oxidation sites excluding steroid dienone is 1. The van der Waals surface area contributed by atoms with Crippen molar-refractivity contribution < 1.29 is 14.1 Å². The molecule has 0 spiro atoms. The summed E-state index contributed by atoms with van der Waals surface area (Å²) in [4.78, 5) is 0. The number of hydrogen-bond acceptors (Lipinski definition) is 1. The van der Waals surface area contributed by atoms with Crippen molar-refractivity contribution in [3.8, 4) is 0 Å². The van der Waals surface area contributed by atoms with E-state index in [0.717, 1.165) is 28.3 Å². The first-order chi connectivity index (χ1) is 15.2. The predicted molar refractivity (Wildman–Crippen MR) is 131 cm³/mol. The highest BCUT2D eigenvalue weighted by atomic mass is 16.3. The van der Waals surface area contributed by atoms with Crippen LogP contribution in [0, 0.1) is 28.6 Å². The van der Waals surface area contributed by atoms with Gasteiger partial charge in [-0.2, -0.15) is 0 Å². The largest absolute Gasteiger partial charge is 0.386 e. The Hall–Kier alpha value is -0.380. The Morgan fingerprint density at radius 2 is 1.53 bits per heavy atom. The molecule has 32 heavy (non-hydrogen) atoms. The Balaban J connectivity index is 1.26. The minimum Gasteiger partial charge on any atom is -0.386 e. The number of likely N-dealkylation sites (N-methyl/N-ethyl adjacent to an activating group) is 1. The van der Waals surface area contributed by atoms with Crippen molar-refractivity contribution in [1.29, 1.82) is 0 Å². The lowest BCUT2D eigenvalue weighted by atomic mass is 9.47. The smallest absolute Gasteiger partial charge is 0.116 e. The molecule has 2 heterocycles. The Morgan fingerprint density at radius 1 is 0.875 bits per heavy atom. The molecule has 3 heteroatoms. The molecule has 6 rings (SSSR count). The summed E-state index contributed by atoms with van der Waals surface area (Å²) in [5.74, 6) is 2.40. The first kappa shape index (κ1) is 22.1. The highest BCUT2D eigenvalue weighted by Crippen LogP contribution is 2.66. The molecule has 2 aliphatic heterocycles. The summed E-state index contributed by atoms with van der Waals surface area (Å²) in [6.45, 7) is 10.6. The number of rotatable bonds is 2. The second kappa shape index (κ2) is 7.31. The van der Waals surface area contributed by atoms with Gasteiger partial charge in [0.1, 0.15) is 12.1 Å². The van der Waals surface area contributed by atoms with E-state index in [-0.39, 0.29) is 11.5 Å². The van der Waals surface area contributed by atoms with Crippen molar-refractivity contribution in [2.45, 2.75) is 103 Å². The van der Waals surface area contributed by atoms with Crippen molar-refractivity contribution in [2.75, 3.05) is 40.3 Å². The van der Waals surface area contributed by atoms with E-state index < -0.39 is 0 Å². The van der Waals surface area contributed by atoms with Gasteiger partial charge in [0.05, 0.1) is 46.3 Å². The van der Waals surface area contributed by atoms with Gasteiger partial charge in [-0.05, 0) is 48.9 Å². The van der Waals surface area contributed by atoms with E-state index in [2.05, 4.69) is 34.0 Å². The van der Waals surface area contributed by atoms with Crippen LogP contribution >= 0.6 is 0 Å². The van der Waals surface area contributed by atoms with Crippen molar-refractivity contribution in [3.05, 3.63) is 11.6 Å². The van der Waals surface area contributed by atoms with Gasteiger partial charge in [-0.25, -0.2) is 0 Å². The third-order valence-electron chi connectivity index (χ3n) is 12.9. The molecule has 2 saturated heterocycles. The molecule has 8 atom stereocenters. The fourth-order valence-corrected chi connectivity index (χ4v) is 10.6. The lowest BCUT2D eigenvalue weighted by Gasteiger charge is -2.58. The number of aliphatic hydroxyl groups excluding tert-OH is 1. The Morgan fingerprint density at radius 3 is 2.22 bits per heavy atom. The normalized spacial score (nSPS) is 51.6. The summed E-state index contributed by atoms with van der Waals surface area (Å²) in [5.41, 5.74) is 2.44. The first-order valence-corrected chi connectivity index (χ1v) is 14.3. The summed E-state index contributed by atoms with van der Waals surface area (Å²) in [6, 6.07) is 1.36. The number of fused-ring (bicyclic) bond motifs is 5. The molecule has 0 aromatic heterocycles. The van der Waals surface area contributed by atoms with Gasteiger partial charge in [-0.3, -0.25) is 0 Å². The van der Waals surface area contributed by atoms with E-state index in [1.807, 2.05) is 5.57 Å². The maximum absolute atomic E-state index is 11.7. The monoisotopic (exact) mass is 442 g/mol. The van der Waals surface area contributed by atoms with Crippen LogP contribution in [0.5, 0.6) is 0 Å². The van der Waals surface area contributed by atoms with Crippen LogP contribution in [0.15, 0.2) is 11.6 Å². The second-order valence-electron chi connectivity index (χ2n) is 14.2. The van der Waals surface area contributed by atoms with Gasteiger partial charge in [-0.15, -0.1) is 0 Å². The van der Waals surface area contributed by atoms with Gasteiger partial charge < -0.3 is 14.1 Å². The van der Waals surface area contributed by atoms with Gasteiger partial charge in [0.25, 0.3) is 0 Å². The molecule has 0 unspecified atom stereocenters. The molecular weight excluding hydrogens is 392 g/mol. The molecule has 0 bridgehead atoms. The molecule has 0 aromatic carbocycles. The van der Waals surface area contributed by atoms with Crippen LogP contribution in [-0.2, 0) is 0 Å². The van der Waals surface area contributed by atoms with Crippen molar-refractivity contribution in [1.82, 2.24) is 0 Å². The molecule has 3 nitrogen and oxygen atoms in total. The molecule has 1 N–H and O–H groups in total. The Labute approximate surface area is 197 Å². The highest BCUT2D eigenvalue weighted by Gasteiger charge is 2.64. The van der Waals surface area contributed by atoms with E-state index in [1.54, 1.807) is 0 Å². The molecular formula is C29H50N2O+2. The van der Waals surface area contributed by atoms with E-state index in [1.165, 1.54) is 101 Å². The standard InChI is InChI=1S/C29H50N2O/c1-28-13-11-22(30(3)15-5-6-16-30)19-21(28)9-10-23-24(28)12-14-29(2)25(23)20-26(27(29)32)31(4)17-7-8-18-31/h9,22-27,32H,5-8,10-20H2,1-4H3/q+2/t22-,23+,24-,25-,26-,27-,28-,29-/m0/s1. The average molecular weight is 443 g/mol. The van der Waals surface area contributed by atoms with Crippen LogP contribution in [0.1, 0.15) is 84.5 Å². The predicted octanol–water partition coefficient (Wildman–Crippen LogP) is 5.14. The highest BCUT2D eigenvalue weighted by molar-refractivity contribution is 5.26. The van der Waals surface area contributed by atoms with Crippen molar-refractivity contribution in [3.63, 3.8) is 0 Å². The van der Waals surface area contributed by atoms with Crippen LogP contribution in [0.4, 0.5) is 0 Å². The third kappa shape index (κ3) is 2.95. The number of nitrogens with zero attached hydrogens (tertiary/aromatic N) is 2. The second-order valence-corrected chi connectivity index (χ2v) is 14.2. The fourth-order valence-electron chi connectivity index (χ4n) is 10.6. The fraction of sp³-hybridized carbons (Fsp3) is 0.931. The molecule has 180 valence electrons. The summed E-state index contributed by atoms with van der Waals surface area (Å²) >= 11 is 0. The minimum atomic E-state index is -0.0925. The maximum atomic E-state index is 11.7. The summed E-state index contributed by atoms with van der Waals surface area (Å²) in [7, 11) is 5.02. The third-order valence-corrected chi connectivity index (χ3v) is 12.9. The Bertz CT molecular complexity index is 778. The zero-order chi connectivity index (χ0) is 22.4. The molecule has 0 aromatic rings. The first-order valence-electron chi connectivity index (χ1n) is 14.3. The molecule has 0 radical (unpaired) electrons. The zero-order valence-corrected chi connectivity index (χ0v) is 21.5. The van der Waals surface area contributed by atoms with Crippen LogP contribution in [0.3, 0.4) is 0 Å². The molecule has 3 saturated carbocycles. The molecule has 6 aliphatic rings. The summed E-state index contributed by atoms with van der Waals surface area (Å²) < 4.78 is 2.51. The summed E-state index contributed by atoms with van der Waals surface area (Å²) in [6.07, 6.45) is 17.7. The lowest BCUT2D eigenvalue weighted by Crippen LogP contribution is -2.57. The quantitative estimate of drug-likeness (QED) is 0.464. The van der Waals surface area contributed by atoms with Crippen LogP contribution in [0.2, 0.25) is 0 Å². The van der Waals surface area contributed by atoms with E-state index in [9.17, 15) is 5.11 Å². The van der Waals surface area contributed by atoms with Crippen LogP contribution < -0.4 is 0 Å². The van der Waals surface area contributed by atoms with Crippen molar-refractivity contribution >= 4 is 0 Å². The van der Waals surface area contributed by atoms with Crippen molar-refractivity contribution in [2.24, 2.45) is 28.6 Å². The SMILES string of the molecule is C[C@]12CC[C@H]3[C@@H](CC=C4C[C@@H]([N+]5(C)CCCC5)CC[C@@]43C)[C@@H]1C[C@H]([N+]1(C)CCCC1)[C@@H]2O. The maximum Gasteiger partial charge on any atom is 0.116 e. The lowest BCUT2D eigenvalue weighted by molar-refractivity contribution is -0.925. The van der Waals surface area contributed by atoms with E-state index in [4.69, 9.17) is 0 Å². The molecule has 5 fully saturated rings. The van der Waals surface area contributed by atoms with Crippen LogP contribution in [0.25, 0.3) is 0 Å². The van der Waals surface area contributed by atoms with Gasteiger partial charge in [0, 0.05) is 50.4 Å². The van der Waals surface area contributed by atoms with Crippen LogP contribution in [-0.4, -0.2) is 72.5 Å². The topological polar surface area (TPSA) is 20.2 Å². The van der Waals surface area contributed by atoms with E-state index >= 15 is 0 Å². The summed E-state index contributed by atoms with van der Waals surface area (Å²) in [5, 5.41) is 11.7. The van der Waals surface area contributed by atoms with E-state index in [0.29, 0.717) is 11.5 Å². The Kier molecular flexibility index (Phi) is 5.05. The average Bonchev–Trinajstić information content (AvgIpc) is 3.47. The minimum absolute atomic E-state index is 0.0925. The zero-order valence-electron chi connectivity index (χ0n) is 21.5. The number of likely N-dealkylation sites (tertiary alicyclic amines) is 2. The molecule has 0 amide bonds. The van der Waals surface area contributed by atoms with Gasteiger partial charge in [0.2, 0.25) is 0 Å². The van der Waals surface area contributed by atoms with Gasteiger partial charge in [0.15, 0.2) is 0 Å².